The van der Waals surface area contributed by atoms with Crippen LogP contribution in [-0.2, 0) is 6.54 Å². The fourth-order valence-corrected chi connectivity index (χ4v) is 4.96. The molecule has 0 radical (unpaired) electrons. The van der Waals surface area contributed by atoms with Crippen LogP contribution in [0.2, 0.25) is 0 Å². The molecule has 0 aliphatic carbocycles. The Hall–Kier alpha value is -3.45. The second kappa shape index (κ2) is 8.96. The number of rotatable bonds is 6. The van der Waals surface area contributed by atoms with Crippen molar-refractivity contribution >= 4 is 28.1 Å². The largest absolute Gasteiger partial charge is 0.363 e. The molecule has 0 bridgehead atoms. The second-order valence-electron chi connectivity index (χ2n) is 7.87. The van der Waals surface area contributed by atoms with E-state index in [1.54, 1.807) is 18.2 Å². The maximum absolute atomic E-state index is 13.2. The van der Waals surface area contributed by atoms with Crippen molar-refractivity contribution in [1.82, 2.24) is 9.55 Å². The topological polar surface area (TPSA) is 50.2 Å². The number of halogens is 1. The summed E-state index contributed by atoms with van der Waals surface area (Å²) in [4.78, 5) is 20.0. The average molecular weight is 447 g/mol. The number of aromatic nitrogens is 2. The van der Waals surface area contributed by atoms with E-state index in [4.69, 9.17) is 4.98 Å². The van der Waals surface area contributed by atoms with Crippen LogP contribution < -0.4 is 10.2 Å². The monoisotopic (exact) mass is 446 g/mol. The highest BCUT2D eigenvalue weighted by molar-refractivity contribution is 7.14. The zero-order chi connectivity index (χ0) is 21.9. The number of amides is 1. The lowest BCUT2D eigenvalue weighted by Gasteiger charge is -2.25. The number of para-hydroxylation sites is 1. The minimum absolute atomic E-state index is 0.204. The fourth-order valence-electron chi connectivity index (χ4n) is 4.21. The third-order valence-corrected chi connectivity index (χ3v) is 6.53. The number of hydrogen-bond donors (Lipinski definition) is 1. The summed E-state index contributed by atoms with van der Waals surface area (Å²) in [5.41, 5.74) is 3.66. The SMILES string of the molecule is O=C(Nc1nc([C@H]2CCCN2c2ccccc2)cs1)c1cccn1Cc1ccc(F)cc1. The molecule has 2 aromatic heterocycles. The molecule has 4 aromatic rings. The Labute approximate surface area is 190 Å². The first-order chi connectivity index (χ1) is 15.7. The van der Waals surface area contributed by atoms with E-state index in [1.165, 1.54) is 29.2 Å². The van der Waals surface area contributed by atoms with Gasteiger partial charge in [0, 0.05) is 30.4 Å². The Morgan fingerprint density at radius 3 is 2.72 bits per heavy atom. The first-order valence-corrected chi connectivity index (χ1v) is 11.5. The Morgan fingerprint density at radius 1 is 1.09 bits per heavy atom. The van der Waals surface area contributed by atoms with Gasteiger partial charge in [0.2, 0.25) is 0 Å². The molecule has 1 atom stereocenters. The maximum atomic E-state index is 13.2. The Kier molecular flexibility index (Phi) is 5.73. The molecular formula is C25H23FN4OS. The molecule has 7 heteroatoms. The summed E-state index contributed by atoms with van der Waals surface area (Å²) >= 11 is 1.45. The average Bonchev–Trinajstić information content (AvgIpc) is 3.56. The second-order valence-corrected chi connectivity index (χ2v) is 8.72. The molecular weight excluding hydrogens is 423 g/mol. The van der Waals surface area contributed by atoms with Gasteiger partial charge in [0.1, 0.15) is 11.5 Å². The van der Waals surface area contributed by atoms with Gasteiger partial charge in [-0.25, -0.2) is 9.37 Å². The third kappa shape index (κ3) is 4.29. The van der Waals surface area contributed by atoms with Gasteiger partial charge in [0.15, 0.2) is 5.13 Å². The van der Waals surface area contributed by atoms with Crippen LogP contribution >= 0.6 is 11.3 Å². The number of nitrogens with zero attached hydrogens (tertiary/aromatic N) is 3. The van der Waals surface area contributed by atoms with Crippen molar-refractivity contribution in [3.05, 3.63) is 101 Å². The number of hydrogen-bond acceptors (Lipinski definition) is 4. The van der Waals surface area contributed by atoms with Crippen LogP contribution in [0.5, 0.6) is 0 Å². The lowest BCUT2D eigenvalue weighted by Crippen LogP contribution is -2.22. The summed E-state index contributed by atoms with van der Waals surface area (Å²) in [6, 6.07) is 20.5. The van der Waals surface area contributed by atoms with Crippen LogP contribution in [0.25, 0.3) is 0 Å². The van der Waals surface area contributed by atoms with Crippen molar-refractivity contribution in [3.8, 4) is 0 Å². The minimum atomic E-state index is -0.271. The predicted octanol–water partition coefficient (Wildman–Crippen LogP) is 5.73. The molecule has 1 fully saturated rings. The smallest absolute Gasteiger partial charge is 0.274 e. The van der Waals surface area contributed by atoms with Gasteiger partial charge in [-0.1, -0.05) is 30.3 Å². The lowest BCUT2D eigenvalue weighted by molar-refractivity contribution is 0.101. The third-order valence-electron chi connectivity index (χ3n) is 5.75. The lowest BCUT2D eigenvalue weighted by atomic mass is 10.1. The van der Waals surface area contributed by atoms with Crippen LogP contribution in [0.4, 0.5) is 15.2 Å². The van der Waals surface area contributed by atoms with E-state index in [1.807, 2.05) is 28.3 Å². The molecule has 0 spiro atoms. The van der Waals surface area contributed by atoms with Gasteiger partial charge in [0.05, 0.1) is 11.7 Å². The van der Waals surface area contributed by atoms with Gasteiger partial charge in [0.25, 0.3) is 5.91 Å². The molecule has 5 nitrogen and oxygen atoms in total. The van der Waals surface area contributed by atoms with E-state index < -0.39 is 0 Å². The Balaban J connectivity index is 1.29. The Morgan fingerprint density at radius 2 is 1.91 bits per heavy atom. The van der Waals surface area contributed by atoms with Crippen LogP contribution in [0.15, 0.2) is 78.3 Å². The highest BCUT2D eigenvalue weighted by atomic mass is 32.1. The summed E-state index contributed by atoms with van der Waals surface area (Å²) in [5.74, 6) is -0.476. The van der Waals surface area contributed by atoms with Gasteiger partial charge in [-0.05, 0) is 54.8 Å². The molecule has 1 aliphatic rings. The summed E-state index contributed by atoms with van der Waals surface area (Å²) in [5, 5.41) is 5.58. The molecule has 5 rings (SSSR count). The van der Waals surface area contributed by atoms with E-state index in [2.05, 4.69) is 34.5 Å². The first-order valence-electron chi connectivity index (χ1n) is 10.7. The molecule has 2 aromatic carbocycles. The van der Waals surface area contributed by atoms with E-state index in [0.717, 1.165) is 30.6 Å². The van der Waals surface area contributed by atoms with Crippen molar-refractivity contribution in [3.63, 3.8) is 0 Å². The van der Waals surface area contributed by atoms with Crippen LogP contribution in [0, 0.1) is 5.82 Å². The van der Waals surface area contributed by atoms with Gasteiger partial charge in [-0.3, -0.25) is 10.1 Å². The van der Waals surface area contributed by atoms with Crippen molar-refractivity contribution in [2.24, 2.45) is 0 Å². The number of carbonyl (C=O) groups excluding carboxylic acids is 1. The predicted molar refractivity (Wildman–Crippen MR) is 126 cm³/mol. The fraction of sp³-hybridized carbons (Fsp3) is 0.200. The van der Waals surface area contributed by atoms with E-state index >= 15 is 0 Å². The first kappa shape index (κ1) is 20.5. The summed E-state index contributed by atoms with van der Waals surface area (Å²) in [6.07, 6.45) is 4.02. The number of carbonyl (C=O) groups is 1. The van der Waals surface area contributed by atoms with Crippen molar-refractivity contribution in [1.29, 1.82) is 0 Å². The van der Waals surface area contributed by atoms with E-state index in [-0.39, 0.29) is 17.8 Å². The van der Waals surface area contributed by atoms with Crippen LogP contribution in [0.1, 0.15) is 40.6 Å². The van der Waals surface area contributed by atoms with Crippen LogP contribution in [0.3, 0.4) is 0 Å². The highest BCUT2D eigenvalue weighted by Crippen LogP contribution is 2.37. The summed E-state index contributed by atoms with van der Waals surface area (Å²) in [6.45, 7) is 1.50. The molecule has 1 N–H and O–H groups in total. The standard InChI is InChI=1S/C25H23FN4OS/c26-19-12-10-18(11-13-19)16-29-14-4-9-23(29)24(31)28-25-27-21(17-32-25)22-8-5-15-30(22)20-6-2-1-3-7-20/h1-4,6-7,9-14,17,22H,5,8,15-16H2,(H,27,28,31)/t22-/m1/s1. The Bertz CT molecular complexity index is 1200. The molecule has 3 heterocycles. The molecule has 1 amide bonds. The normalized spacial score (nSPS) is 15.8. The van der Waals surface area contributed by atoms with Crippen molar-refractivity contribution in [2.75, 3.05) is 16.8 Å². The summed E-state index contributed by atoms with van der Waals surface area (Å²) < 4.78 is 15.0. The van der Waals surface area contributed by atoms with Gasteiger partial charge in [-0.15, -0.1) is 11.3 Å². The van der Waals surface area contributed by atoms with Gasteiger partial charge in [-0.2, -0.15) is 0 Å². The molecule has 162 valence electrons. The van der Waals surface area contributed by atoms with Crippen LogP contribution in [-0.4, -0.2) is 22.0 Å². The number of anilines is 2. The van der Waals surface area contributed by atoms with Gasteiger partial charge >= 0.3 is 0 Å². The van der Waals surface area contributed by atoms with Crippen molar-refractivity contribution in [2.45, 2.75) is 25.4 Å². The molecule has 1 aliphatic heterocycles. The van der Waals surface area contributed by atoms with Gasteiger partial charge < -0.3 is 9.47 Å². The zero-order valence-corrected chi connectivity index (χ0v) is 18.3. The summed E-state index contributed by atoms with van der Waals surface area (Å²) in [7, 11) is 0. The molecule has 0 saturated carbocycles. The van der Waals surface area contributed by atoms with E-state index in [0.29, 0.717) is 17.4 Å². The zero-order valence-electron chi connectivity index (χ0n) is 17.4. The van der Waals surface area contributed by atoms with Crippen molar-refractivity contribution < 1.29 is 9.18 Å². The maximum Gasteiger partial charge on any atom is 0.274 e. The van der Waals surface area contributed by atoms with E-state index in [9.17, 15) is 9.18 Å². The number of thiazole rings is 1. The quantitative estimate of drug-likeness (QED) is 0.412. The highest BCUT2D eigenvalue weighted by Gasteiger charge is 2.28. The number of benzene rings is 2. The minimum Gasteiger partial charge on any atom is -0.363 e. The molecule has 1 saturated heterocycles. The number of nitrogens with one attached hydrogen (secondary N) is 1. The molecule has 32 heavy (non-hydrogen) atoms. The molecule has 0 unspecified atom stereocenters.